The van der Waals surface area contributed by atoms with E-state index < -0.39 is 5.79 Å². The van der Waals surface area contributed by atoms with E-state index in [9.17, 15) is 0 Å². The van der Waals surface area contributed by atoms with Crippen LogP contribution in [-0.4, -0.2) is 18.0 Å². The van der Waals surface area contributed by atoms with E-state index in [1.807, 2.05) is 30.1 Å². The van der Waals surface area contributed by atoms with Gasteiger partial charge in [0.1, 0.15) is 6.10 Å². The van der Waals surface area contributed by atoms with E-state index in [2.05, 4.69) is 47.7 Å². The van der Waals surface area contributed by atoms with Crippen molar-refractivity contribution in [3.05, 3.63) is 34.5 Å². The predicted molar refractivity (Wildman–Crippen MR) is 80.2 cm³/mol. The Kier molecular flexibility index (Phi) is 6.44. The maximum atomic E-state index is 5.89. The third-order valence-electron chi connectivity index (χ3n) is 2.48. The number of allylic oxidation sites excluding steroid dienone is 3. The molecule has 0 aromatic heterocycles. The lowest BCUT2D eigenvalue weighted by atomic mass is 10.1. The van der Waals surface area contributed by atoms with Crippen molar-refractivity contribution in [1.82, 2.24) is 0 Å². The predicted octanol–water partition coefficient (Wildman–Crippen LogP) is 4.37. The first-order valence-electron chi connectivity index (χ1n) is 6.03. The van der Waals surface area contributed by atoms with Crippen LogP contribution in [0.3, 0.4) is 0 Å². The summed E-state index contributed by atoms with van der Waals surface area (Å²) in [5, 5.41) is 0. The molecule has 0 aromatic rings. The molecule has 0 amide bonds. The van der Waals surface area contributed by atoms with Gasteiger partial charge >= 0.3 is 0 Å². The van der Waals surface area contributed by atoms with Crippen LogP contribution in [0.25, 0.3) is 0 Å². The standard InChI is InChI=1S/C14H21IO2/c1-4-5-6-9-12-13(10-7-8-11-15)17-14(2,3)16-12/h5-8,10-13H,4,9H2,1-3H3/b6-5-,10-7+,11-8+/t12-,13+/m0/s1. The molecule has 1 heterocycles. The highest BCUT2D eigenvalue weighted by Crippen LogP contribution is 2.30. The number of hydrogen-bond acceptors (Lipinski definition) is 2. The van der Waals surface area contributed by atoms with Gasteiger partial charge in [-0.2, -0.15) is 0 Å². The molecule has 3 heteroatoms. The van der Waals surface area contributed by atoms with Gasteiger partial charge in [-0.15, -0.1) is 0 Å². The van der Waals surface area contributed by atoms with Crippen molar-refractivity contribution in [2.24, 2.45) is 0 Å². The molecule has 2 atom stereocenters. The average Bonchev–Trinajstić information content (AvgIpc) is 2.54. The van der Waals surface area contributed by atoms with Crippen LogP contribution in [0.5, 0.6) is 0 Å². The van der Waals surface area contributed by atoms with Gasteiger partial charge in [0, 0.05) is 0 Å². The normalized spacial score (nSPS) is 28.9. The highest BCUT2D eigenvalue weighted by Gasteiger charge is 2.38. The zero-order chi connectivity index (χ0) is 12.7. The van der Waals surface area contributed by atoms with E-state index >= 15 is 0 Å². The second-order valence-corrected chi connectivity index (χ2v) is 5.18. The average molecular weight is 348 g/mol. The Labute approximate surface area is 118 Å². The molecule has 0 aromatic carbocycles. The number of rotatable bonds is 5. The lowest BCUT2D eigenvalue weighted by molar-refractivity contribution is -0.142. The van der Waals surface area contributed by atoms with Crippen molar-refractivity contribution >= 4 is 22.6 Å². The summed E-state index contributed by atoms with van der Waals surface area (Å²) in [5.41, 5.74) is 0. The molecule has 1 aliphatic heterocycles. The van der Waals surface area contributed by atoms with Crippen molar-refractivity contribution < 1.29 is 9.47 Å². The van der Waals surface area contributed by atoms with Gasteiger partial charge in [0.05, 0.1) is 6.10 Å². The highest BCUT2D eigenvalue weighted by molar-refractivity contribution is 14.1. The SMILES string of the molecule is CC/C=C\C[C@@H]1OC(C)(C)O[C@@H]1/C=C/C=C/I. The van der Waals surface area contributed by atoms with E-state index in [0.29, 0.717) is 0 Å². The first-order valence-corrected chi connectivity index (χ1v) is 7.28. The molecular weight excluding hydrogens is 327 g/mol. The van der Waals surface area contributed by atoms with Gasteiger partial charge in [0.15, 0.2) is 5.79 Å². The van der Waals surface area contributed by atoms with Crippen LogP contribution >= 0.6 is 22.6 Å². The Balaban J connectivity index is 2.61. The quantitative estimate of drug-likeness (QED) is 0.417. The van der Waals surface area contributed by atoms with Crippen LogP contribution in [-0.2, 0) is 9.47 Å². The first-order chi connectivity index (χ1) is 8.09. The minimum absolute atomic E-state index is 0.0408. The van der Waals surface area contributed by atoms with E-state index in [0.717, 1.165) is 12.8 Å². The third-order valence-corrected chi connectivity index (χ3v) is 2.89. The number of hydrogen-bond donors (Lipinski definition) is 0. The maximum Gasteiger partial charge on any atom is 0.164 e. The molecule has 1 saturated heterocycles. The maximum absolute atomic E-state index is 5.89. The Morgan fingerprint density at radius 3 is 2.59 bits per heavy atom. The van der Waals surface area contributed by atoms with Gasteiger partial charge < -0.3 is 9.47 Å². The molecule has 0 spiro atoms. The topological polar surface area (TPSA) is 18.5 Å². The Morgan fingerprint density at radius 2 is 1.94 bits per heavy atom. The smallest absolute Gasteiger partial charge is 0.164 e. The minimum Gasteiger partial charge on any atom is -0.344 e. The van der Waals surface area contributed by atoms with E-state index in [4.69, 9.17) is 9.47 Å². The molecule has 0 radical (unpaired) electrons. The largest absolute Gasteiger partial charge is 0.344 e. The van der Waals surface area contributed by atoms with Crippen molar-refractivity contribution in [3.8, 4) is 0 Å². The molecule has 0 aliphatic carbocycles. The van der Waals surface area contributed by atoms with Crippen LogP contribution in [0.15, 0.2) is 34.5 Å². The van der Waals surface area contributed by atoms with Gasteiger partial charge in [-0.25, -0.2) is 0 Å². The summed E-state index contributed by atoms with van der Waals surface area (Å²) >= 11 is 2.20. The van der Waals surface area contributed by atoms with Crippen molar-refractivity contribution in [2.45, 2.75) is 51.6 Å². The second kappa shape index (κ2) is 7.34. The fourth-order valence-electron chi connectivity index (χ4n) is 1.82. The van der Waals surface area contributed by atoms with Crippen molar-refractivity contribution in [1.29, 1.82) is 0 Å². The summed E-state index contributed by atoms with van der Waals surface area (Å²) in [6.07, 6.45) is 12.5. The first kappa shape index (κ1) is 14.9. The van der Waals surface area contributed by atoms with E-state index in [1.165, 1.54) is 0 Å². The number of halogens is 1. The molecular formula is C14H21IO2. The molecule has 1 rings (SSSR count). The van der Waals surface area contributed by atoms with E-state index in [-0.39, 0.29) is 12.2 Å². The molecule has 0 saturated carbocycles. The second-order valence-electron chi connectivity index (χ2n) is 4.46. The van der Waals surface area contributed by atoms with Crippen molar-refractivity contribution in [3.63, 3.8) is 0 Å². The van der Waals surface area contributed by atoms with Crippen LogP contribution in [0.1, 0.15) is 33.6 Å². The van der Waals surface area contributed by atoms with Crippen LogP contribution in [0, 0.1) is 0 Å². The van der Waals surface area contributed by atoms with Gasteiger partial charge in [-0.05, 0) is 30.8 Å². The summed E-state index contributed by atoms with van der Waals surface area (Å²) in [4.78, 5) is 0. The van der Waals surface area contributed by atoms with Crippen LogP contribution in [0.2, 0.25) is 0 Å². The third kappa shape index (κ3) is 5.36. The molecule has 96 valence electrons. The summed E-state index contributed by atoms with van der Waals surface area (Å²) < 4.78 is 13.7. The molecule has 17 heavy (non-hydrogen) atoms. The molecule has 0 N–H and O–H groups in total. The molecule has 1 fully saturated rings. The van der Waals surface area contributed by atoms with Gasteiger partial charge in [0.2, 0.25) is 0 Å². The Morgan fingerprint density at radius 1 is 1.18 bits per heavy atom. The molecule has 1 aliphatic rings. The fourth-order valence-corrected chi connectivity index (χ4v) is 2.06. The zero-order valence-corrected chi connectivity index (χ0v) is 12.9. The summed E-state index contributed by atoms with van der Waals surface area (Å²) in [6, 6.07) is 0. The van der Waals surface area contributed by atoms with Gasteiger partial charge in [-0.1, -0.05) is 59.9 Å². The van der Waals surface area contributed by atoms with Crippen molar-refractivity contribution in [2.75, 3.05) is 0 Å². The molecule has 2 nitrogen and oxygen atoms in total. The highest BCUT2D eigenvalue weighted by atomic mass is 127. The lowest BCUT2D eigenvalue weighted by Gasteiger charge is -2.16. The number of ether oxygens (including phenoxy) is 2. The van der Waals surface area contributed by atoms with Gasteiger partial charge in [-0.3, -0.25) is 0 Å². The minimum atomic E-state index is -0.478. The Bertz CT molecular complexity index is 305. The summed E-state index contributed by atoms with van der Waals surface area (Å²) in [6.45, 7) is 6.06. The van der Waals surface area contributed by atoms with E-state index in [1.54, 1.807) is 0 Å². The molecule has 0 bridgehead atoms. The Hall–Kier alpha value is -0.130. The van der Waals surface area contributed by atoms with Gasteiger partial charge in [0.25, 0.3) is 0 Å². The fraction of sp³-hybridized carbons (Fsp3) is 0.571. The zero-order valence-electron chi connectivity index (χ0n) is 10.7. The lowest BCUT2D eigenvalue weighted by Crippen LogP contribution is -2.21. The summed E-state index contributed by atoms with van der Waals surface area (Å²) in [7, 11) is 0. The molecule has 0 unspecified atom stereocenters. The van der Waals surface area contributed by atoms with Crippen LogP contribution < -0.4 is 0 Å². The summed E-state index contributed by atoms with van der Waals surface area (Å²) in [5.74, 6) is -0.478. The van der Waals surface area contributed by atoms with Crippen LogP contribution in [0.4, 0.5) is 0 Å². The monoisotopic (exact) mass is 348 g/mol.